The van der Waals surface area contributed by atoms with Gasteiger partial charge in [-0.1, -0.05) is 24.3 Å². The summed E-state index contributed by atoms with van der Waals surface area (Å²) in [4.78, 5) is 11.1. The van der Waals surface area contributed by atoms with Crippen LogP contribution in [0.5, 0.6) is 0 Å². The van der Waals surface area contributed by atoms with Crippen LogP contribution in [0.3, 0.4) is 0 Å². The van der Waals surface area contributed by atoms with Crippen molar-refractivity contribution in [1.82, 2.24) is 0 Å². The summed E-state index contributed by atoms with van der Waals surface area (Å²) in [6, 6.07) is 6.16. The Labute approximate surface area is 94.4 Å². The second-order valence-electron chi connectivity index (χ2n) is 3.65. The highest BCUT2D eigenvalue weighted by Crippen LogP contribution is 2.20. The molecule has 0 radical (unpaired) electrons. The monoisotopic (exact) mass is 225 g/mol. The Bertz CT molecular complexity index is 351. The van der Waals surface area contributed by atoms with E-state index in [1.54, 1.807) is 24.3 Å². The van der Waals surface area contributed by atoms with Gasteiger partial charge in [-0.2, -0.15) is 0 Å². The van der Waals surface area contributed by atoms with Crippen LogP contribution < -0.4 is 5.73 Å². The van der Waals surface area contributed by atoms with Gasteiger partial charge in [0.25, 0.3) is 0 Å². The number of nitrogens with two attached hydrogens (primary N) is 1. The van der Waals surface area contributed by atoms with Crippen molar-refractivity contribution in [3.8, 4) is 0 Å². The SMILES string of the molecule is COC(c1ccc(C(C)=O)cc1)C(N)CF. The van der Waals surface area contributed by atoms with Gasteiger partial charge in [0.2, 0.25) is 0 Å². The molecule has 0 aliphatic heterocycles. The molecule has 1 rings (SSSR count). The first-order valence-electron chi connectivity index (χ1n) is 5.05. The molecule has 0 aliphatic carbocycles. The number of carbonyl (C=O) groups excluding carboxylic acids is 1. The van der Waals surface area contributed by atoms with Crippen LogP contribution in [-0.2, 0) is 4.74 Å². The van der Waals surface area contributed by atoms with Gasteiger partial charge in [-0.25, -0.2) is 4.39 Å². The number of ketones is 1. The van der Waals surface area contributed by atoms with Crippen LogP contribution in [0.2, 0.25) is 0 Å². The Morgan fingerprint density at radius 3 is 2.38 bits per heavy atom. The van der Waals surface area contributed by atoms with Crippen molar-refractivity contribution in [3.05, 3.63) is 35.4 Å². The van der Waals surface area contributed by atoms with Gasteiger partial charge in [-0.15, -0.1) is 0 Å². The Kier molecular flexibility index (Phi) is 4.58. The van der Waals surface area contributed by atoms with Crippen LogP contribution in [-0.4, -0.2) is 25.6 Å². The lowest BCUT2D eigenvalue weighted by molar-refractivity contribution is 0.0720. The number of carbonyl (C=O) groups is 1. The van der Waals surface area contributed by atoms with E-state index in [9.17, 15) is 9.18 Å². The number of alkyl halides is 1. The molecule has 4 heteroatoms. The van der Waals surface area contributed by atoms with Gasteiger partial charge >= 0.3 is 0 Å². The van der Waals surface area contributed by atoms with Crippen molar-refractivity contribution in [2.75, 3.05) is 13.8 Å². The summed E-state index contributed by atoms with van der Waals surface area (Å²) in [5.74, 6) is -0.00435. The molecule has 2 unspecified atom stereocenters. The predicted octanol–water partition coefficient (Wildman–Crippen LogP) is 1.87. The number of benzene rings is 1. The zero-order valence-electron chi connectivity index (χ0n) is 9.44. The molecule has 1 aromatic carbocycles. The van der Waals surface area contributed by atoms with E-state index in [-0.39, 0.29) is 5.78 Å². The standard InChI is InChI=1S/C12H16FNO2/c1-8(15)9-3-5-10(6-4-9)12(16-2)11(14)7-13/h3-6,11-12H,7,14H2,1-2H3. The van der Waals surface area contributed by atoms with Gasteiger partial charge in [0, 0.05) is 12.7 Å². The molecule has 0 bridgehead atoms. The number of hydrogen-bond acceptors (Lipinski definition) is 3. The second-order valence-corrected chi connectivity index (χ2v) is 3.65. The molecule has 2 N–H and O–H groups in total. The fourth-order valence-electron chi connectivity index (χ4n) is 1.55. The summed E-state index contributed by atoms with van der Waals surface area (Å²) >= 11 is 0. The third kappa shape index (κ3) is 2.87. The second kappa shape index (κ2) is 5.72. The molecule has 0 spiro atoms. The van der Waals surface area contributed by atoms with E-state index in [1.165, 1.54) is 14.0 Å². The van der Waals surface area contributed by atoms with Crippen molar-refractivity contribution in [3.63, 3.8) is 0 Å². The molecule has 0 saturated carbocycles. The van der Waals surface area contributed by atoms with Gasteiger partial charge < -0.3 is 10.5 Å². The molecule has 0 heterocycles. The Balaban J connectivity index is 2.90. The van der Waals surface area contributed by atoms with Crippen molar-refractivity contribution >= 4 is 5.78 Å². The maximum Gasteiger partial charge on any atom is 0.159 e. The van der Waals surface area contributed by atoms with Crippen molar-refractivity contribution in [1.29, 1.82) is 0 Å². The normalized spacial score (nSPS) is 14.5. The first-order valence-corrected chi connectivity index (χ1v) is 5.05. The quantitative estimate of drug-likeness (QED) is 0.778. The van der Waals surface area contributed by atoms with E-state index in [2.05, 4.69) is 0 Å². The Morgan fingerprint density at radius 2 is 2.00 bits per heavy atom. The zero-order chi connectivity index (χ0) is 12.1. The molecule has 0 amide bonds. The number of Topliss-reactive ketones (excluding diaryl/α,β-unsaturated/α-hetero) is 1. The minimum absolute atomic E-state index is 0.00435. The largest absolute Gasteiger partial charge is 0.375 e. The van der Waals surface area contributed by atoms with Crippen LogP contribution >= 0.6 is 0 Å². The van der Waals surface area contributed by atoms with Crippen molar-refractivity contribution in [2.24, 2.45) is 5.73 Å². The van der Waals surface area contributed by atoms with Crippen LogP contribution in [0.1, 0.15) is 28.9 Å². The number of rotatable bonds is 5. The average Bonchev–Trinajstić information content (AvgIpc) is 2.30. The molecule has 3 nitrogen and oxygen atoms in total. The lowest BCUT2D eigenvalue weighted by Gasteiger charge is -2.20. The summed E-state index contributed by atoms with van der Waals surface area (Å²) in [6.07, 6.45) is -0.481. The minimum atomic E-state index is -0.687. The van der Waals surface area contributed by atoms with Gasteiger partial charge in [0.05, 0.1) is 12.1 Å². The maximum atomic E-state index is 12.5. The average molecular weight is 225 g/mol. The summed E-state index contributed by atoms with van der Waals surface area (Å²) in [5.41, 5.74) is 6.98. The van der Waals surface area contributed by atoms with E-state index in [4.69, 9.17) is 10.5 Å². The first kappa shape index (κ1) is 12.8. The first-order chi connectivity index (χ1) is 7.60. The Hall–Kier alpha value is -1.26. The molecule has 16 heavy (non-hydrogen) atoms. The topological polar surface area (TPSA) is 52.3 Å². The van der Waals surface area contributed by atoms with E-state index in [1.807, 2.05) is 0 Å². The molecular formula is C12H16FNO2. The van der Waals surface area contributed by atoms with Gasteiger partial charge in [-0.3, -0.25) is 4.79 Å². The van der Waals surface area contributed by atoms with E-state index in [0.717, 1.165) is 5.56 Å². The minimum Gasteiger partial charge on any atom is -0.375 e. The van der Waals surface area contributed by atoms with Gasteiger partial charge in [0.1, 0.15) is 6.67 Å². The number of halogens is 1. The highest BCUT2D eigenvalue weighted by atomic mass is 19.1. The van der Waals surface area contributed by atoms with E-state index < -0.39 is 18.8 Å². The third-order valence-corrected chi connectivity index (χ3v) is 2.47. The molecule has 0 aliphatic rings. The summed E-state index contributed by atoms with van der Waals surface area (Å²) in [7, 11) is 1.49. The number of ether oxygens (including phenoxy) is 1. The van der Waals surface area contributed by atoms with E-state index in [0.29, 0.717) is 5.56 Å². The van der Waals surface area contributed by atoms with Gasteiger partial charge in [-0.05, 0) is 12.5 Å². The van der Waals surface area contributed by atoms with Crippen LogP contribution in [0, 0.1) is 0 Å². The summed E-state index contributed by atoms with van der Waals surface area (Å²) < 4.78 is 17.6. The number of hydrogen-bond donors (Lipinski definition) is 1. The maximum absolute atomic E-state index is 12.5. The lowest BCUT2D eigenvalue weighted by Crippen LogP contribution is -2.31. The summed E-state index contributed by atoms with van der Waals surface area (Å²) in [5, 5.41) is 0. The van der Waals surface area contributed by atoms with Crippen molar-refractivity contribution < 1.29 is 13.9 Å². The van der Waals surface area contributed by atoms with Crippen molar-refractivity contribution in [2.45, 2.75) is 19.1 Å². The molecule has 0 saturated heterocycles. The van der Waals surface area contributed by atoms with Crippen LogP contribution in [0.25, 0.3) is 0 Å². The highest BCUT2D eigenvalue weighted by Gasteiger charge is 2.19. The number of methoxy groups -OCH3 is 1. The van der Waals surface area contributed by atoms with E-state index >= 15 is 0 Å². The highest BCUT2D eigenvalue weighted by molar-refractivity contribution is 5.94. The Morgan fingerprint density at radius 1 is 1.44 bits per heavy atom. The van der Waals surface area contributed by atoms with Crippen LogP contribution in [0.4, 0.5) is 4.39 Å². The fourth-order valence-corrected chi connectivity index (χ4v) is 1.55. The molecule has 0 fully saturated rings. The van der Waals surface area contributed by atoms with Gasteiger partial charge in [0.15, 0.2) is 5.78 Å². The summed E-state index contributed by atoms with van der Waals surface area (Å²) in [6.45, 7) is 0.850. The molecular weight excluding hydrogens is 209 g/mol. The fraction of sp³-hybridized carbons (Fsp3) is 0.417. The van der Waals surface area contributed by atoms with Crippen LogP contribution in [0.15, 0.2) is 24.3 Å². The smallest absolute Gasteiger partial charge is 0.159 e. The third-order valence-electron chi connectivity index (χ3n) is 2.47. The molecule has 1 aromatic rings. The zero-order valence-corrected chi connectivity index (χ0v) is 9.44. The predicted molar refractivity (Wildman–Crippen MR) is 60.1 cm³/mol. The molecule has 0 aromatic heterocycles. The molecule has 88 valence electrons. The lowest BCUT2D eigenvalue weighted by atomic mass is 10.0. The molecule has 2 atom stereocenters.